The predicted molar refractivity (Wildman–Crippen MR) is 289 cm³/mol. The van der Waals surface area contributed by atoms with Crippen molar-refractivity contribution in [3.8, 4) is 0 Å². The maximum absolute atomic E-state index is 14.3. The first-order valence-electron chi connectivity index (χ1n) is 27.5. The number of aliphatic hydroxyl groups is 2. The molecular formula is C58H84N2O14S2. The number of hydrogen-bond donors (Lipinski definition) is 2. The normalized spacial score (nSPS) is 33.5. The Balaban J connectivity index is 1.04. The zero-order valence-electron chi connectivity index (χ0n) is 46.8. The number of unbranched alkanes of at least 4 members (excludes halogenated alkanes) is 1. The van der Waals surface area contributed by atoms with E-state index in [0.717, 1.165) is 58.2 Å². The van der Waals surface area contributed by atoms with Gasteiger partial charge in [0.2, 0.25) is 0 Å². The molecule has 422 valence electrons. The van der Waals surface area contributed by atoms with Crippen LogP contribution in [0.15, 0.2) is 21.9 Å². The van der Waals surface area contributed by atoms with E-state index >= 15 is 0 Å². The molecule has 4 aliphatic heterocycles. The Bertz CT molecular complexity index is 2260. The third-order valence-electron chi connectivity index (χ3n) is 16.3. The molecule has 6 heterocycles. The molecule has 76 heavy (non-hydrogen) atoms. The Morgan fingerprint density at radius 1 is 0.632 bits per heavy atom. The predicted octanol–water partition coefficient (Wildman–Crippen LogP) is 9.85. The smallest absolute Gasteiger partial charge is 0.309 e. The third-order valence-corrected chi connectivity index (χ3v) is 17.9. The number of ketones is 2. The van der Waals surface area contributed by atoms with E-state index in [1.165, 1.54) is 22.7 Å². The summed E-state index contributed by atoms with van der Waals surface area (Å²) >= 11 is 3.05. The average molecular weight is 1100 g/mol. The summed E-state index contributed by atoms with van der Waals surface area (Å²) in [7, 11) is 0. The Labute approximate surface area is 457 Å². The number of cyclic esters (lactones) is 2. The molecule has 0 bridgehead atoms. The van der Waals surface area contributed by atoms with Crippen molar-refractivity contribution in [2.75, 3.05) is 0 Å². The lowest BCUT2D eigenvalue weighted by atomic mass is 9.73. The number of aryl methyl sites for hydroxylation is 2. The fraction of sp³-hybridized carbons (Fsp3) is 0.724. The Morgan fingerprint density at radius 3 is 1.34 bits per heavy atom. The number of aromatic nitrogens is 2. The first kappa shape index (κ1) is 61.0. The van der Waals surface area contributed by atoms with E-state index in [9.17, 15) is 39.0 Å². The van der Waals surface area contributed by atoms with Gasteiger partial charge in [-0.05, 0) is 101 Å². The van der Waals surface area contributed by atoms with Crippen LogP contribution in [0.2, 0.25) is 0 Å². The molecule has 14 atom stereocenters. The van der Waals surface area contributed by atoms with E-state index in [-0.39, 0.29) is 73.5 Å². The molecule has 0 saturated carbocycles. The number of rotatable bonds is 11. The molecule has 0 radical (unpaired) electrons. The molecule has 0 unspecified atom stereocenters. The minimum atomic E-state index is -1.39. The van der Waals surface area contributed by atoms with Gasteiger partial charge in [0, 0.05) is 36.4 Å². The minimum absolute atomic E-state index is 0.0282. The highest BCUT2D eigenvalue weighted by Gasteiger charge is 2.48. The number of nitrogens with zero attached hydrogens (tertiary/aromatic N) is 2. The van der Waals surface area contributed by atoms with Gasteiger partial charge in [0.15, 0.2) is 0 Å². The van der Waals surface area contributed by atoms with Crippen LogP contribution in [0.4, 0.5) is 0 Å². The van der Waals surface area contributed by atoms with E-state index < -0.39 is 96.0 Å². The molecule has 0 aromatic carbocycles. The lowest BCUT2D eigenvalue weighted by Gasteiger charge is -2.36. The molecule has 6 rings (SSSR count). The second-order valence-electron chi connectivity index (χ2n) is 23.3. The maximum Gasteiger partial charge on any atom is 0.309 e. The zero-order valence-corrected chi connectivity index (χ0v) is 48.4. The molecule has 4 saturated heterocycles. The number of ether oxygens (including phenoxy) is 6. The van der Waals surface area contributed by atoms with E-state index in [1.54, 1.807) is 41.5 Å². The van der Waals surface area contributed by atoms with Crippen molar-refractivity contribution < 1.29 is 67.4 Å². The van der Waals surface area contributed by atoms with Crippen molar-refractivity contribution in [3.05, 3.63) is 43.3 Å². The van der Waals surface area contributed by atoms with Gasteiger partial charge in [-0.25, -0.2) is 9.97 Å². The van der Waals surface area contributed by atoms with E-state index in [1.807, 2.05) is 64.5 Å². The monoisotopic (exact) mass is 1100 g/mol. The van der Waals surface area contributed by atoms with Crippen LogP contribution >= 0.6 is 22.7 Å². The number of Topliss-reactive ketones (excluding diaryl/α,β-unsaturated/α-hetero) is 2. The second-order valence-corrected chi connectivity index (χ2v) is 25.5. The summed E-state index contributed by atoms with van der Waals surface area (Å²) in [5, 5.41) is 28.6. The summed E-state index contributed by atoms with van der Waals surface area (Å²) in [6, 6.07) is 0. The lowest BCUT2D eigenvalue weighted by Crippen LogP contribution is -2.47. The standard InChI is InChI=1S/C58H84N2O14S2/c1-31-17-15-19-41-45(69-41)25-43(33(3)23-39-29-75-37(7)59-39)71-51(65)27-47(61)57(9,10)55(67)35(5)53(31)73-49(63)21-13-14-22-50(64)74-54-32(2)18-16-20-42-46(70-42)26-44(34(4)24-40-30-76-38(8)60-40)72-52(66)28-48(62)58(11,12)56(68)36(54)6/h23-24,29-32,35-36,41-48,53-54,61-62H,13-22,25-28H2,1-12H3/b33-23+,34-24+/t31-,32-,35+,36+,41+,42+,43-,44-,45-,46-,47-,48-,53-,54-/m0/s1. The number of esters is 4. The molecule has 2 aromatic rings. The first-order chi connectivity index (χ1) is 35.7. The molecule has 0 amide bonds. The lowest BCUT2D eigenvalue weighted by molar-refractivity contribution is -0.164. The molecular weight excluding hydrogens is 1010 g/mol. The van der Waals surface area contributed by atoms with Crippen molar-refractivity contribution in [1.82, 2.24) is 9.97 Å². The Morgan fingerprint density at radius 2 is 1.00 bits per heavy atom. The summed E-state index contributed by atoms with van der Waals surface area (Å²) in [5.41, 5.74) is 0.369. The van der Waals surface area contributed by atoms with Crippen LogP contribution in [0.3, 0.4) is 0 Å². The average Bonchev–Trinajstić information content (AvgIpc) is 4.19. The molecule has 0 spiro atoms. The molecule has 16 nitrogen and oxygen atoms in total. The third kappa shape index (κ3) is 16.7. The van der Waals surface area contributed by atoms with Crippen molar-refractivity contribution in [1.29, 1.82) is 0 Å². The fourth-order valence-corrected chi connectivity index (χ4v) is 12.1. The van der Waals surface area contributed by atoms with Gasteiger partial charge in [-0.1, -0.05) is 68.2 Å². The summed E-state index contributed by atoms with van der Waals surface area (Å²) < 4.78 is 36.3. The number of thiazole rings is 2. The van der Waals surface area contributed by atoms with Gasteiger partial charge >= 0.3 is 23.9 Å². The maximum atomic E-state index is 14.3. The number of hydrogen-bond acceptors (Lipinski definition) is 18. The minimum Gasteiger partial charge on any atom is -0.461 e. The molecule has 2 aromatic heterocycles. The molecule has 0 aliphatic carbocycles. The highest BCUT2D eigenvalue weighted by atomic mass is 32.1. The van der Waals surface area contributed by atoms with Gasteiger partial charge in [-0.15, -0.1) is 22.7 Å². The number of epoxide rings is 2. The van der Waals surface area contributed by atoms with Crippen molar-refractivity contribution in [2.24, 2.45) is 34.5 Å². The quantitative estimate of drug-likeness (QED) is 0.0923. The molecule has 18 heteroatoms. The van der Waals surface area contributed by atoms with E-state index in [2.05, 4.69) is 9.97 Å². The number of carbonyl (C=O) groups is 6. The summed E-state index contributed by atoms with van der Waals surface area (Å²) in [4.78, 5) is 91.7. The van der Waals surface area contributed by atoms with Gasteiger partial charge in [-0.2, -0.15) is 0 Å². The molecule has 4 aliphatic rings. The van der Waals surface area contributed by atoms with Crippen molar-refractivity contribution in [3.63, 3.8) is 0 Å². The molecule has 2 N–H and O–H groups in total. The highest BCUT2D eigenvalue weighted by Crippen LogP contribution is 2.40. The Kier molecular flexibility index (Phi) is 21.4. The van der Waals surface area contributed by atoms with Gasteiger partial charge < -0.3 is 38.6 Å². The van der Waals surface area contributed by atoms with Crippen LogP contribution in [0.5, 0.6) is 0 Å². The summed E-state index contributed by atoms with van der Waals surface area (Å²) in [6.45, 7) is 21.3. The highest BCUT2D eigenvalue weighted by molar-refractivity contribution is 7.09. The second kappa shape index (κ2) is 26.6. The zero-order chi connectivity index (χ0) is 55.8. The largest absolute Gasteiger partial charge is 0.461 e. The van der Waals surface area contributed by atoms with Gasteiger partial charge in [-0.3, -0.25) is 28.8 Å². The van der Waals surface area contributed by atoms with Crippen LogP contribution in [0.25, 0.3) is 12.2 Å². The topological polar surface area (TPSA) is 231 Å². The summed E-state index contributed by atoms with van der Waals surface area (Å²) in [5.74, 6) is -5.17. The van der Waals surface area contributed by atoms with Crippen LogP contribution in [-0.4, -0.2) is 117 Å². The van der Waals surface area contributed by atoms with Crippen LogP contribution in [0, 0.1) is 48.3 Å². The summed E-state index contributed by atoms with van der Waals surface area (Å²) in [6.07, 6.45) is 2.68. The SMILES string of the molecule is C/C(=C\c1csc(C)n1)[C@@H]1C[C@@H]2O[C@@H]2CCC[C@H](C)[C@H](OC(=O)CCCCC(=O)O[C@H]2[C@@H](C)CCC[C@H]3O[C@H]3C[C@@H](/C(C)=C/c3csc(C)n3)OC(=O)C[C@H](O)C(C)(C)C(=O)[C@@H]2C)[C@@H](C)C(=O)C(C)(C)[C@@H](O)CC(=O)O1. The Hall–Kier alpha value is -4.20. The first-order valence-corrected chi connectivity index (χ1v) is 29.2. The van der Waals surface area contributed by atoms with Crippen LogP contribution < -0.4 is 0 Å². The van der Waals surface area contributed by atoms with Crippen LogP contribution in [-0.2, 0) is 57.2 Å². The van der Waals surface area contributed by atoms with Gasteiger partial charge in [0.05, 0.1) is 93.5 Å². The van der Waals surface area contributed by atoms with E-state index in [0.29, 0.717) is 25.7 Å². The number of aliphatic hydroxyl groups excluding tert-OH is 2. The number of fused-ring (bicyclic) bond motifs is 2. The molecule has 4 fully saturated rings. The van der Waals surface area contributed by atoms with Crippen molar-refractivity contribution >= 4 is 70.3 Å². The van der Waals surface area contributed by atoms with Crippen molar-refractivity contribution in [2.45, 2.75) is 234 Å². The van der Waals surface area contributed by atoms with Gasteiger partial charge in [0.25, 0.3) is 0 Å². The van der Waals surface area contributed by atoms with Crippen LogP contribution in [0.1, 0.15) is 181 Å². The van der Waals surface area contributed by atoms with Gasteiger partial charge in [0.1, 0.15) is 36.0 Å². The fourth-order valence-electron chi connectivity index (χ4n) is 10.9. The number of carbonyl (C=O) groups excluding carboxylic acids is 6. The van der Waals surface area contributed by atoms with E-state index in [4.69, 9.17) is 28.4 Å².